The molecule has 3 heterocycles. The number of furan rings is 1. The number of benzene rings is 6. The Hall–Kier alpha value is -5.28. The lowest BCUT2D eigenvalue weighted by Crippen LogP contribution is -2.52. The Labute approximate surface area is 338 Å². The van der Waals surface area contributed by atoms with Gasteiger partial charge in [-0.2, -0.15) is 0 Å². The van der Waals surface area contributed by atoms with Crippen molar-refractivity contribution in [1.82, 2.24) is 0 Å². The second-order valence-electron chi connectivity index (χ2n) is 20.0. The lowest BCUT2D eigenvalue weighted by atomic mass is 9.34. The number of anilines is 3. The first-order valence-corrected chi connectivity index (χ1v) is 21.4. The Balaban J connectivity index is 1.18. The molecular weight excluding hydrogens is 689 g/mol. The van der Waals surface area contributed by atoms with Crippen molar-refractivity contribution < 1.29 is 4.42 Å². The summed E-state index contributed by atoms with van der Waals surface area (Å²) in [6.45, 7) is 19.6. The summed E-state index contributed by atoms with van der Waals surface area (Å²) in [7, 11) is 0. The molecule has 1 atom stereocenters. The van der Waals surface area contributed by atoms with Crippen molar-refractivity contribution in [3.63, 3.8) is 0 Å². The molecule has 1 unspecified atom stereocenters. The van der Waals surface area contributed by atoms with Gasteiger partial charge in [0.05, 0.1) is 0 Å². The molecule has 2 aliphatic heterocycles. The molecule has 7 aromatic rings. The lowest BCUT2D eigenvalue weighted by molar-refractivity contribution is 0.332. The Morgan fingerprint density at radius 2 is 1.32 bits per heavy atom. The maximum Gasteiger partial charge on any atom is 0.215 e. The molecule has 3 aliphatic carbocycles. The summed E-state index contributed by atoms with van der Waals surface area (Å²) in [5, 5.41) is 1.27. The average molecular weight is 740 g/mol. The first-order chi connectivity index (χ1) is 27.3. The molecule has 0 radical (unpaired) electrons. The summed E-state index contributed by atoms with van der Waals surface area (Å²) in [5.41, 5.74) is 26.4. The van der Waals surface area contributed by atoms with Gasteiger partial charge in [0.1, 0.15) is 11.3 Å². The zero-order valence-electron chi connectivity index (χ0n) is 34.7. The zero-order valence-corrected chi connectivity index (χ0v) is 34.7. The van der Waals surface area contributed by atoms with E-state index in [1.165, 1.54) is 119 Å². The van der Waals surface area contributed by atoms with E-state index in [1.807, 2.05) is 0 Å². The minimum Gasteiger partial charge on any atom is -0.456 e. The van der Waals surface area contributed by atoms with Crippen LogP contribution in [0, 0.1) is 13.8 Å². The third-order valence-electron chi connectivity index (χ3n) is 15.4. The molecule has 0 N–H and O–H groups in total. The van der Waals surface area contributed by atoms with E-state index in [9.17, 15) is 0 Å². The van der Waals surface area contributed by atoms with Crippen molar-refractivity contribution in [2.75, 3.05) is 4.90 Å². The SMILES string of the molecule is Cc1cc2c3c(c1)N(c1cc4c(cc1C)C(C)(C)CCC4(C)C)c1cc4c(cc1B3CCC1c3c-2cccc3-c2oc3ccccc3c21)C(C)(C)c1ccccc1-4. The minimum absolute atomic E-state index is 0.0846. The van der Waals surface area contributed by atoms with Crippen LogP contribution in [-0.2, 0) is 16.2 Å². The van der Waals surface area contributed by atoms with E-state index in [2.05, 4.69) is 163 Å². The van der Waals surface area contributed by atoms with E-state index < -0.39 is 0 Å². The standard InChI is InChI=1S/C54H50BNO/c1-30-24-38-33-16-13-17-36-48(33)35(49-34-15-10-12-19-47(34)57-51(36)49)20-23-55-43-28-40-37(32-14-9-11-18-39(32)54(40,7)8)27-45(43)56(46(25-30)50(38)55)44-29-42-41(26-31(44)2)52(3,4)21-22-53(42,5)6/h9-19,24-29,35H,20-23H2,1-8H3. The maximum atomic E-state index is 6.75. The first-order valence-electron chi connectivity index (χ1n) is 21.4. The number of fused-ring (bicyclic) bond motifs is 12. The number of aryl methyl sites for hydroxylation is 2. The molecule has 1 aromatic heterocycles. The van der Waals surface area contributed by atoms with E-state index in [1.54, 1.807) is 0 Å². The molecule has 6 aromatic carbocycles. The molecule has 0 amide bonds. The molecule has 57 heavy (non-hydrogen) atoms. The summed E-state index contributed by atoms with van der Waals surface area (Å²) in [6, 6.07) is 40.3. The predicted octanol–water partition coefficient (Wildman–Crippen LogP) is 13.3. The number of para-hydroxylation sites is 1. The molecule has 0 saturated carbocycles. The molecule has 3 heteroatoms. The fourth-order valence-electron chi connectivity index (χ4n) is 12.3. The molecule has 0 saturated heterocycles. The molecular formula is C54H50BNO. The van der Waals surface area contributed by atoms with Gasteiger partial charge in [-0.1, -0.05) is 132 Å². The highest BCUT2D eigenvalue weighted by molar-refractivity contribution is 6.89. The van der Waals surface area contributed by atoms with Crippen molar-refractivity contribution in [2.45, 2.75) is 103 Å². The quantitative estimate of drug-likeness (QED) is 0.156. The van der Waals surface area contributed by atoms with Crippen LogP contribution >= 0.6 is 0 Å². The van der Waals surface area contributed by atoms with Crippen molar-refractivity contribution in [1.29, 1.82) is 0 Å². The summed E-state index contributed by atoms with van der Waals surface area (Å²) in [4.78, 5) is 2.71. The number of rotatable bonds is 1. The number of hydrogen-bond donors (Lipinski definition) is 0. The third-order valence-corrected chi connectivity index (χ3v) is 15.4. The normalized spacial score (nSPS) is 19.5. The summed E-state index contributed by atoms with van der Waals surface area (Å²) in [6.07, 6.45) is 4.54. The van der Waals surface area contributed by atoms with Crippen molar-refractivity contribution in [3.05, 3.63) is 148 Å². The van der Waals surface area contributed by atoms with E-state index in [0.717, 1.165) is 24.1 Å². The van der Waals surface area contributed by atoms with Crippen molar-refractivity contribution in [2.24, 2.45) is 0 Å². The molecule has 5 aliphatic rings. The Morgan fingerprint density at radius 1 is 0.596 bits per heavy atom. The van der Waals surface area contributed by atoms with Crippen LogP contribution in [0.3, 0.4) is 0 Å². The summed E-state index contributed by atoms with van der Waals surface area (Å²) in [5.74, 6) is 1.37. The van der Waals surface area contributed by atoms with Crippen molar-refractivity contribution >= 4 is 45.7 Å². The fraction of sp³-hybridized carbons (Fsp3) is 0.296. The van der Waals surface area contributed by atoms with Gasteiger partial charge in [-0.3, -0.25) is 0 Å². The second kappa shape index (κ2) is 11.0. The van der Waals surface area contributed by atoms with Crippen LogP contribution < -0.4 is 15.8 Å². The largest absolute Gasteiger partial charge is 0.456 e. The minimum atomic E-state index is -0.0846. The van der Waals surface area contributed by atoms with Crippen LogP contribution in [0.25, 0.3) is 44.5 Å². The van der Waals surface area contributed by atoms with Crippen LogP contribution in [0.5, 0.6) is 0 Å². The molecule has 0 bridgehead atoms. The molecule has 280 valence electrons. The van der Waals surface area contributed by atoms with Crippen LogP contribution in [0.2, 0.25) is 6.32 Å². The van der Waals surface area contributed by atoms with Gasteiger partial charge in [0.25, 0.3) is 0 Å². The van der Waals surface area contributed by atoms with Crippen molar-refractivity contribution in [3.8, 4) is 33.6 Å². The van der Waals surface area contributed by atoms with Gasteiger partial charge in [0.2, 0.25) is 6.71 Å². The molecule has 12 rings (SSSR count). The number of nitrogens with zero attached hydrogens (tertiary/aromatic N) is 1. The third kappa shape index (κ3) is 4.33. The van der Waals surface area contributed by atoms with Gasteiger partial charge in [-0.05, 0) is 135 Å². The lowest BCUT2D eigenvalue weighted by Gasteiger charge is -2.45. The van der Waals surface area contributed by atoms with Crippen LogP contribution in [0.15, 0.2) is 108 Å². The van der Waals surface area contributed by atoms with E-state index in [-0.39, 0.29) is 28.9 Å². The van der Waals surface area contributed by atoms with Gasteiger partial charge in [0.15, 0.2) is 0 Å². The van der Waals surface area contributed by atoms with Gasteiger partial charge >= 0.3 is 0 Å². The summed E-state index contributed by atoms with van der Waals surface area (Å²) >= 11 is 0. The number of hydrogen-bond acceptors (Lipinski definition) is 2. The van der Waals surface area contributed by atoms with Gasteiger partial charge in [-0.25, -0.2) is 0 Å². The Kier molecular flexibility index (Phi) is 6.53. The zero-order chi connectivity index (χ0) is 38.9. The first kappa shape index (κ1) is 33.8. The molecule has 0 spiro atoms. The Bertz CT molecular complexity index is 2940. The predicted molar refractivity (Wildman–Crippen MR) is 240 cm³/mol. The van der Waals surface area contributed by atoms with Crippen LogP contribution in [0.4, 0.5) is 17.1 Å². The fourth-order valence-corrected chi connectivity index (χ4v) is 12.3. The topological polar surface area (TPSA) is 16.4 Å². The Morgan fingerprint density at radius 3 is 2.14 bits per heavy atom. The molecule has 0 fully saturated rings. The van der Waals surface area contributed by atoms with Gasteiger partial charge in [-0.15, -0.1) is 0 Å². The van der Waals surface area contributed by atoms with Crippen LogP contribution in [-0.4, -0.2) is 6.71 Å². The average Bonchev–Trinajstić information content (AvgIpc) is 3.79. The highest BCUT2D eigenvalue weighted by atomic mass is 16.3. The van der Waals surface area contributed by atoms with E-state index >= 15 is 0 Å². The smallest absolute Gasteiger partial charge is 0.215 e. The second-order valence-corrected chi connectivity index (χ2v) is 20.0. The van der Waals surface area contributed by atoms with E-state index in [0.29, 0.717) is 0 Å². The van der Waals surface area contributed by atoms with E-state index in [4.69, 9.17) is 4.42 Å². The van der Waals surface area contributed by atoms with Gasteiger partial charge < -0.3 is 9.32 Å². The highest BCUT2D eigenvalue weighted by Crippen LogP contribution is 2.57. The molecule has 2 nitrogen and oxygen atoms in total. The highest BCUT2D eigenvalue weighted by Gasteiger charge is 2.46. The summed E-state index contributed by atoms with van der Waals surface area (Å²) < 4.78 is 6.75. The van der Waals surface area contributed by atoms with Crippen LogP contribution in [0.1, 0.15) is 111 Å². The van der Waals surface area contributed by atoms with Gasteiger partial charge in [0, 0.05) is 44.9 Å². The monoisotopic (exact) mass is 739 g/mol. The maximum absolute atomic E-state index is 6.75.